The van der Waals surface area contributed by atoms with Gasteiger partial charge in [0.2, 0.25) is 0 Å². The highest BCUT2D eigenvalue weighted by Crippen LogP contribution is 1.89. The number of hydrogen-bond donors (Lipinski definition) is 0. The van der Waals surface area contributed by atoms with Gasteiger partial charge in [0, 0.05) is 0 Å². The van der Waals surface area contributed by atoms with Crippen molar-refractivity contribution in [1.82, 2.24) is 20.6 Å². The molecule has 0 saturated carbocycles. The molecule has 0 amide bonds. The Labute approximate surface area is 42.5 Å². The molecule has 42 valence electrons. The van der Waals surface area contributed by atoms with Crippen LogP contribution in [0.2, 0.25) is 0 Å². The molecule has 1 aromatic rings. The molecule has 1 heterocycles. The van der Waals surface area contributed by atoms with E-state index in [0.717, 1.165) is 0 Å². The molecule has 6 heteroatoms. The Morgan fingerprint density at radius 1 is 0.875 bits per heavy atom. The quantitative estimate of drug-likeness (QED) is 0.462. The SMILES string of the molecule is Fc1nnnnc1F. The summed E-state index contributed by atoms with van der Waals surface area (Å²) in [6.07, 6.45) is 0. The van der Waals surface area contributed by atoms with E-state index in [1.807, 2.05) is 0 Å². The van der Waals surface area contributed by atoms with Crippen molar-refractivity contribution in [1.29, 1.82) is 0 Å². The first-order chi connectivity index (χ1) is 3.80. The van der Waals surface area contributed by atoms with Gasteiger partial charge in [-0.3, -0.25) is 0 Å². The van der Waals surface area contributed by atoms with E-state index in [2.05, 4.69) is 20.6 Å². The van der Waals surface area contributed by atoms with Crippen molar-refractivity contribution in [2.45, 2.75) is 0 Å². The molecule has 0 fully saturated rings. The van der Waals surface area contributed by atoms with Crippen LogP contribution in [0.4, 0.5) is 8.78 Å². The highest BCUT2D eigenvalue weighted by molar-refractivity contribution is 4.68. The highest BCUT2D eigenvalue weighted by atomic mass is 19.2. The van der Waals surface area contributed by atoms with Crippen LogP contribution in [0.1, 0.15) is 0 Å². The Kier molecular flexibility index (Phi) is 1.07. The van der Waals surface area contributed by atoms with Crippen molar-refractivity contribution in [3.63, 3.8) is 0 Å². The van der Waals surface area contributed by atoms with Gasteiger partial charge in [0.25, 0.3) is 11.9 Å². The molecule has 0 saturated heterocycles. The molecular formula is C2F2N4. The molecule has 0 spiro atoms. The molecule has 0 unspecified atom stereocenters. The second-order valence-corrected chi connectivity index (χ2v) is 0.961. The van der Waals surface area contributed by atoms with E-state index in [1.54, 1.807) is 0 Å². The summed E-state index contributed by atoms with van der Waals surface area (Å²) in [5.41, 5.74) is 0. The van der Waals surface area contributed by atoms with Crippen molar-refractivity contribution in [3.8, 4) is 0 Å². The zero-order valence-electron chi connectivity index (χ0n) is 3.54. The van der Waals surface area contributed by atoms with Crippen LogP contribution in [0.3, 0.4) is 0 Å². The Morgan fingerprint density at radius 2 is 1.25 bits per heavy atom. The number of hydrogen-bond acceptors (Lipinski definition) is 4. The van der Waals surface area contributed by atoms with Crippen LogP contribution in [-0.4, -0.2) is 20.6 Å². The minimum absolute atomic E-state index is 1.33. The second kappa shape index (κ2) is 1.73. The third-order valence-electron chi connectivity index (χ3n) is 0.475. The summed E-state index contributed by atoms with van der Waals surface area (Å²) in [5.74, 6) is -2.67. The number of rotatable bonds is 0. The predicted octanol–water partition coefficient (Wildman–Crippen LogP) is -0.455. The highest BCUT2D eigenvalue weighted by Gasteiger charge is 2.00. The van der Waals surface area contributed by atoms with Gasteiger partial charge in [-0.05, 0) is 10.4 Å². The topological polar surface area (TPSA) is 51.6 Å². The smallest absolute Gasteiger partial charge is 0.178 e. The lowest BCUT2D eigenvalue weighted by Crippen LogP contribution is -1.99. The van der Waals surface area contributed by atoms with E-state index in [-0.39, 0.29) is 0 Å². The van der Waals surface area contributed by atoms with Crippen molar-refractivity contribution in [3.05, 3.63) is 11.9 Å². The van der Waals surface area contributed by atoms with Gasteiger partial charge in [-0.2, -0.15) is 8.78 Å². The van der Waals surface area contributed by atoms with Crippen LogP contribution in [0.5, 0.6) is 0 Å². The molecule has 0 aromatic carbocycles. The first-order valence-electron chi connectivity index (χ1n) is 1.68. The summed E-state index contributed by atoms with van der Waals surface area (Å²) in [7, 11) is 0. The molecule has 0 N–H and O–H groups in total. The largest absolute Gasteiger partial charge is 0.291 e. The molecular weight excluding hydrogens is 118 g/mol. The Morgan fingerprint density at radius 3 is 1.50 bits per heavy atom. The summed E-state index contributed by atoms with van der Waals surface area (Å²) < 4.78 is 23.3. The molecule has 1 aromatic heterocycles. The standard InChI is InChI=1S/C2F2N4/c3-1-2(4)6-8-7-5-1. The summed E-state index contributed by atoms with van der Waals surface area (Å²) in [6.45, 7) is 0. The zero-order chi connectivity index (χ0) is 5.98. The van der Waals surface area contributed by atoms with Gasteiger partial charge in [-0.25, -0.2) is 0 Å². The third kappa shape index (κ3) is 0.722. The predicted molar refractivity (Wildman–Crippen MR) is 17.5 cm³/mol. The van der Waals surface area contributed by atoms with Gasteiger partial charge in [-0.1, -0.05) is 10.2 Å². The molecule has 0 aliphatic heterocycles. The van der Waals surface area contributed by atoms with Crippen molar-refractivity contribution >= 4 is 0 Å². The number of halogens is 2. The van der Waals surface area contributed by atoms with Crippen LogP contribution in [-0.2, 0) is 0 Å². The Balaban J connectivity index is 3.13. The molecule has 1 rings (SSSR count). The first kappa shape index (κ1) is 4.95. The third-order valence-corrected chi connectivity index (χ3v) is 0.475. The Bertz CT molecular complexity index is 168. The minimum Gasteiger partial charge on any atom is -0.178 e. The average Bonchev–Trinajstić information content (AvgIpc) is 1.77. The van der Waals surface area contributed by atoms with E-state index < -0.39 is 11.9 Å². The molecule has 0 atom stereocenters. The number of aromatic nitrogens is 4. The van der Waals surface area contributed by atoms with Crippen LogP contribution in [0, 0.1) is 11.9 Å². The maximum Gasteiger partial charge on any atom is 0.291 e. The van der Waals surface area contributed by atoms with Gasteiger partial charge in [0.1, 0.15) is 0 Å². The van der Waals surface area contributed by atoms with E-state index in [4.69, 9.17) is 0 Å². The summed E-state index contributed by atoms with van der Waals surface area (Å²) >= 11 is 0. The van der Waals surface area contributed by atoms with E-state index >= 15 is 0 Å². The van der Waals surface area contributed by atoms with Crippen molar-refractivity contribution < 1.29 is 8.78 Å². The van der Waals surface area contributed by atoms with Crippen molar-refractivity contribution in [2.24, 2.45) is 0 Å². The van der Waals surface area contributed by atoms with Crippen LogP contribution >= 0.6 is 0 Å². The molecule has 4 nitrogen and oxygen atoms in total. The van der Waals surface area contributed by atoms with Gasteiger partial charge in [-0.15, -0.1) is 0 Å². The summed E-state index contributed by atoms with van der Waals surface area (Å²) in [4.78, 5) is 0. The van der Waals surface area contributed by atoms with Crippen LogP contribution < -0.4 is 0 Å². The molecule has 0 aliphatic carbocycles. The van der Waals surface area contributed by atoms with Gasteiger partial charge in [0.05, 0.1) is 0 Å². The van der Waals surface area contributed by atoms with Crippen LogP contribution in [0.25, 0.3) is 0 Å². The molecule has 8 heavy (non-hydrogen) atoms. The van der Waals surface area contributed by atoms with Crippen molar-refractivity contribution in [2.75, 3.05) is 0 Å². The van der Waals surface area contributed by atoms with Gasteiger partial charge >= 0.3 is 0 Å². The molecule has 0 aliphatic rings. The van der Waals surface area contributed by atoms with Gasteiger partial charge < -0.3 is 0 Å². The lowest BCUT2D eigenvalue weighted by atomic mass is 10.8. The maximum absolute atomic E-state index is 11.7. The lowest BCUT2D eigenvalue weighted by Gasteiger charge is -1.80. The van der Waals surface area contributed by atoms with E-state index in [0.29, 0.717) is 0 Å². The lowest BCUT2D eigenvalue weighted by molar-refractivity contribution is 0.410. The average molecular weight is 118 g/mol. The fourth-order valence-electron chi connectivity index (χ4n) is 0.201. The molecule has 0 bridgehead atoms. The zero-order valence-corrected chi connectivity index (χ0v) is 3.54. The van der Waals surface area contributed by atoms with Gasteiger partial charge in [0.15, 0.2) is 0 Å². The second-order valence-electron chi connectivity index (χ2n) is 0.961. The molecule has 0 radical (unpaired) electrons. The summed E-state index contributed by atoms with van der Waals surface area (Å²) in [5, 5.41) is 10.7. The first-order valence-corrected chi connectivity index (χ1v) is 1.68. The number of nitrogens with zero attached hydrogens (tertiary/aromatic N) is 4. The fraction of sp³-hybridized carbons (Fsp3) is 0. The normalized spacial score (nSPS) is 9.25. The monoisotopic (exact) mass is 118 g/mol. The minimum atomic E-state index is -1.33. The van der Waals surface area contributed by atoms with E-state index in [1.165, 1.54) is 0 Å². The van der Waals surface area contributed by atoms with E-state index in [9.17, 15) is 8.78 Å². The summed E-state index contributed by atoms with van der Waals surface area (Å²) in [6, 6.07) is 0. The van der Waals surface area contributed by atoms with Crippen LogP contribution in [0.15, 0.2) is 0 Å². The fourth-order valence-corrected chi connectivity index (χ4v) is 0.201. The maximum atomic E-state index is 11.7. The Hall–Kier alpha value is -1.20.